The molecule has 3 aromatic rings. The highest BCUT2D eigenvalue weighted by Gasteiger charge is 2.07. The largest absolute Gasteiger partial charge is 0.285 e. The van der Waals surface area contributed by atoms with Crippen molar-refractivity contribution in [2.45, 2.75) is 33.2 Å². The summed E-state index contributed by atoms with van der Waals surface area (Å²) in [5.74, 6) is 0. The number of pyridine rings is 1. The Morgan fingerprint density at radius 3 is 2.52 bits per heavy atom. The lowest BCUT2D eigenvalue weighted by Crippen LogP contribution is -2.05. The first-order valence-electron chi connectivity index (χ1n) is 11.2. The molecule has 4 heteroatoms. The number of aryl methyl sites for hydroxylation is 1. The van der Waals surface area contributed by atoms with Gasteiger partial charge in [0.1, 0.15) is 0 Å². The molecule has 0 bridgehead atoms. The summed E-state index contributed by atoms with van der Waals surface area (Å²) in [5.41, 5.74) is 7.29. The molecule has 0 spiro atoms. The van der Waals surface area contributed by atoms with Crippen LogP contribution in [0.3, 0.4) is 0 Å². The van der Waals surface area contributed by atoms with E-state index in [0.29, 0.717) is 0 Å². The zero-order valence-corrected chi connectivity index (χ0v) is 19.3. The Hall–Kier alpha value is -3.92. The highest BCUT2D eigenvalue weighted by atomic mass is 14.8. The first-order valence-corrected chi connectivity index (χ1v) is 11.2. The molecule has 33 heavy (non-hydrogen) atoms. The highest BCUT2D eigenvalue weighted by molar-refractivity contribution is 5.83. The van der Waals surface area contributed by atoms with Crippen LogP contribution in [0.1, 0.15) is 42.8 Å². The second-order valence-electron chi connectivity index (χ2n) is 8.21. The summed E-state index contributed by atoms with van der Waals surface area (Å²) in [6.45, 7) is 6.14. The van der Waals surface area contributed by atoms with Crippen LogP contribution in [-0.2, 0) is 0 Å². The second kappa shape index (κ2) is 10.6. The number of hydrogen-bond acceptors (Lipinski definition) is 4. The van der Waals surface area contributed by atoms with Gasteiger partial charge in [0.15, 0.2) is 0 Å². The number of nitrogens with zero attached hydrogens (tertiary/aromatic N) is 4. The Morgan fingerprint density at radius 1 is 0.970 bits per heavy atom. The smallest absolute Gasteiger partial charge is 0.0813 e. The molecule has 0 saturated carbocycles. The monoisotopic (exact) mass is 432 g/mol. The molecule has 2 heterocycles. The molecule has 0 radical (unpaired) electrons. The number of aromatic nitrogens is 3. The van der Waals surface area contributed by atoms with E-state index >= 15 is 0 Å². The molecular formula is C29H28N4. The van der Waals surface area contributed by atoms with Gasteiger partial charge in [-0.2, -0.15) is 0 Å². The van der Waals surface area contributed by atoms with Crippen LogP contribution in [0.25, 0.3) is 29.1 Å². The van der Waals surface area contributed by atoms with Gasteiger partial charge in [-0.25, -0.2) is 0 Å². The minimum absolute atomic E-state index is 0.178. The Labute approximate surface area is 195 Å². The van der Waals surface area contributed by atoms with Crippen LogP contribution in [0.15, 0.2) is 89.4 Å². The zero-order chi connectivity index (χ0) is 23.0. The minimum atomic E-state index is 0.178. The van der Waals surface area contributed by atoms with Gasteiger partial charge in [0.2, 0.25) is 0 Å². The van der Waals surface area contributed by atoms with E-state index in [0.717, 1.165) is 34.3 Å². The molecule has 0 aliphatic heterocycles. The maximum absolute atomic E-state index is 4.64. The van der Waals surface area contributed by atoms with Crippen molar-refractivity contribution in [2.75, 3.05) is 0 Å². The van der Waals surface area contributed by atoms with Crippen LogP contribution >= 0.6 is 0 Å². The standard InChI is InChI=1S/C29H28N4/c1-4-21(2)17-30-26-7-5-6-23(15-26)9-12-27-19-32-28(20-31-27)13-10-24-8-11-25-14-22(3)18-33-29(25)16-24/h4-14,16-20,26H,15H2,1-3H3/b12-9+,13-10+,21-4-,30-17-. The number of aliphatic imine (C=N–C) groups is 1. The predicted molar refractivity (Wildman–Crippen MR) is 140 cm³/mol. The Balaban J connectivity index is 1.38. The first kappa shape index (κ1) is 22.3. The quantitative estimate of drug-likeness (QED) is 0.402. The lowest BCUT2D eigenvalue weighted by molar-refractivity contribution is 0.809. The fraction of sp³-hybridized carbons (Fsp3) is 0.172. The third kappa shape index (κ3) is 6.30. The third-order valence-corrected chi connectivity index (χ3v) is 5.46. The molecule has 2 aromatic heterocycles. The molecule has 4 rings (SSSR count). The first-order chi connectivity index (χ1) is 16.1. The molecule has 1 atom stereocenters. The van der Waals surface area contributed by atoms with Crippen molar-refractivity contribution >= 4 is 35.3 Å². The van der Waals surface area contributed by atoms with E-state index in [4.69, 9.17) is 0 Å². The van der Waals surface area contributed by atoms with E-state index in [-0.39, 0.29) is 6.04 Å². The Bertz CT molecular complexity index is 1310. The molecule has 1 aliphatic carbocycles. The van der Waals surface area contributed by atoms with Gasteiger partial charge in [-0.1, -0.05) is 48.6 Å². The van der Waals surface area contributed by atoms with Crippen LogP contribution in [0.5, 0.6) is 0 Å². The van der Waals surface area contributed by atoms with Crippen LogP contribution < -0.4 is 0 Å². The fourth-order valence-corrected chi connectivity index (χ4v) is 3.45. The van der Waals surface area contributed by atoms with E-state index in [1.54, 1.807) is 12.4 Å². The van der Waals surface area contributed by atoms with E-state index in [1.165, 1.54) is 16.7 Å². The van der Waals surface area contributed by atoms with Crippen molar-refractivity contribution in [3.05, 3.63) is 107 Å². The Kier molecular flexibility index (Phi) is 7.16. The molecule has 1 aliphatic rings. The third-order valence-electron chi connectivity index (χ3n) is 5.46. The van der Waals surface area contributed by atoms with Crippen molar-refractivity contribution in [1.29, 1.82) is 0 Å². The van der Waals surface area contributed by atoms with Crippen molar-refractivity contribution in [2.24, 2.45) is 4.99 Å². The summed E-state index contributed by atoms with van der Waals surface area (Å²) in [7, 11) is 0. The van der Waals surface area contributed by atoms with Gasteiger partial charge in [-0.15, -0.1) is 0 Å². The molecule has 0 saturated heterocycles. The fourth-order valence-electron chi connectivity index (χ4n) is 3.45. The molecule has 0 fully saturated rings. The van der Waals surface area contributed by atoms with E-state index in [1.807, 2.05) is 37.6 Å². The molecule has 1 aromatic carbocycles. The van der Waals surface area contributed by atoms with Gasteiger partial charge in [0.05, 0.1) is 35.3 Å². The van der Waals surface area contributed by atoms with E-state index < -0.39 is 0 Å². The molecule has 0 amide bonds. The van der Waals surface area contributed by atoms with Gasteiger partial charge in [0, 0.05) is 17.8 Å². The maximum atomic E-state index is 4.64. The predicted octanol–water partition coefficient (Wildman–Crippen LogP) is 6.81. The van der Waals surface area contributed by atoms with Gasteiger partial charge < -0.3 is 0 Å². The zero-order valence-electron chi connectivity index (χ0n) is 19.3. The van der Waals surface area contributed by atoms with Gasteiger partial charge in [-0.05, 0) is 73.7 Å². The maximum Gasteiger partial charge on any atom is 0.0813 e. The van der Waals surface area contributed by atoms with Crippen LogP contribution in [0.2, 0.25) is 0 Å². The van der Waals surface area contributed by atoms with Crippen LogP contribution in [-0.4, -0.2) is 27.2 Å². The lowest BCUT2D eigenvalue weighted by Gasteiger charge is -2.12. The molecule has 4 nitrogen and oxygen atoms in total. The van der Waals surface area contributed by atoms with Gasteiger partial charge >= 0.3 is 0 Å². The average Bonchev–Trinajstić information content (AvgIpc) is 2.85. The average molecular weight is 433 g/mol. The van der Waals surface area contributed by atoms with Crippen LogP contribution in [0, 0.1) is 6.92 Å². The summed E-state index contributed by atoms with van der Waals surface area (Å²) in [5, 5.41) is 1.15. The number of hydrogen-bond donors (Lipinski definition) is 0. The minimum Gasteiger partial charge on any atom is -0.285 e. The SMILES string of the molecule is C/C=C(C)\C=N/C1C=CC=C(/C=C/c2cnc(/C=C/c3ccc4cc(C)cnc4c3)cn2)C1. The highest BCUT2D eigenvalue weighted by Crippen LogP contribution is 2.19. The summed E-state index contributed by atoms with van der Waals surface area (Å²) >= 11 is 0. The number of allylic oxidation sites excluding steroid dienone is 5. The number of rotatable bonds is 6. The van der Waals surface area contributed by atoms with Crippen LogP contribution in [0.4, 0.5) is 0 Å². The van der Waals surface area contributed by atoms with Gasteiger partial charge in [-0.3, -0.25) is 19.9 Å². The van der Waals surface area contributed by atoms with E-state index in [2.05, 4.69) is 88.4 Å². The van der Waals surface area contributed by atoms with Crippen molar-refractivity contribution in [1.82, 2.24) is 15.0 Å². The number of fused-ring (bicyclic) bond motifs is 1. The van der Waals surface area contributed by atoms with Gasteiger partial charge in [0.25, 0.3) is 0 Å². The van der Waals surface area contributed by atoms with Crippen molar-refractivity contribution in [3.63, 3.8) is 0 Å². The second-order valence-corrected chi connectivity index (χ2v) is 8.21. The summed E-state index contributed by atoms with van der Waals surface area (Å²) < 4.78 is 0. The molecular weight excluding hydrogens is 404 g/mol. The topological polar surface area (TPSA) is 51.0 Å². The van der Waals surface area contributed by atoms with E-state index in [9.17, 15) is 0 Å². The molecule has 164 valence electrons. The molecule has 1 unspecified atom stereocenters. The van der Waals surface area contributed by atoms with Crippen molar-refractivity contribution in [3.8, 4) is 0 Å². The summed E-state index contributed by atoms with van der Waals surface area (Å²) in [4.78, 5) is 18.2. The summed E-state index contributed by atoms with van der Waals surface area (Å²) in [6.07, 6.45) is 24.8. The number of benzene rings is 1. The van der Waals surface area contributed by atoms with Crippen molar-refractivity contribution < 1.29 is 0 Å². The lowest BCUT2D eigenvalue weighted by atomic mass is 10.0. The normalized spacial score (nSPS) is 17.0. The summed E-state index contributed by atoms with van der Waals surface area (Å²) in [6, 6.07) is 8.59. The Morgan fingerprint density at radius 2 is 1.76 bits per heavy atom. The molecule has 0 N–H and O–H groups in total.